The molecule has 1 aliphatic rings. The van der Waals surface area contributed by atoms with Gasteiger partial charge in [-0.1, -0.05) is 48.2 Å². The highest BCUT2D eigenvalue weighted by Gasteiger charge is 2.28. The molecule has 0 saturated carbocycles. The van der Waals surface area contributed by atoms with Gasteiger partial charge in [-0.2, -0.15) is 0 Å². The van der Waals surface area contributed by atoms with Gasteiger partial charge >= 0.3 is 0 Å². The van der Waals surface area contributed by atoms with Crippen LogP contribution in [0, 0.1) is 0 Å². The number of benzene rings is 2. The van der Waals surface area contributed by atoms with Crippen molar-refractivity contribution in [2.45, 2.75) is 24.7 Å². The highest BCUT2D eigenvalue weighted by Crippen LogP contribution is 2.42. The SMILES string of the molecule is CCn1c(SCC(=O)NC2c3ccccc3Oc3ccccc32)nnc1-c1ccco1. The standard InChI is InChI=1S/C23H20N4O3S/c1-2-27-22(19-12-7-13-29-19)25-26-23(27)31-14-20(28)24-21-15-8-3-5-10-17(15)30-18-11-6-4-9-16(18)21/h3-13,21H,2,14H2,1H3,(H,24,28). The smallest absolute Gasteiger partial charge is 0.231 e. The number of aromatic nitrogens is 3. The number of nitrogens with one attached hydrogen (secondary N) is 1. The van der Waals surface area contributed by atoms with Crippen LogP contribution in [0.25, 0.3) is 11.6 Å². The summed E-state index contributed by atoms with van der Waals surface area (Å²) in [6, 6.07) is 18.9. The molecule has 4 aromatic rings. The van der Waals surface area contributed by atoms with E-state index in [4.69, 9.17) is 9.15 Å². The van der Waals surface area contributed by atoms with E-state index in [1.165, 1.54) is 11.8 Å². The second-order valence-corrected chi connectivity index (χ2v) is 7.94. The van der Waals surface area contributed by atoms with Crippen LogP contribution in [0.15, 0.2) is 76.5 Å². The second-order valence-electron chi connectivity index (χ2n) is 6.99. The molecule has 5 rings (SSSR count). The van der Waals surface area contributed by atoms with E-state index in [0.29, 0.717) is 23.3 Å². The summed E-state index contributed by atoms with van der Waals surface area (Å²) in [6.07, 6.45) is 1.61. The highest BCUT2D eigenvalue weighted by atomic mass is 32.2. The Hall–Kier alpha value is -3.52. The van der Waals surface area contributed by atoms with Gasteiger partial charge in [0.1, 0.15) is 11.5 Å². The van der Waals surface area contributed by atoms with Crippen molar-refractivity contribution in [3.63, 3.8) is 0 Å². The molecule has 0 saturated heterocycles. The quantitative estimate of drug-likeness (QED) is 0.446. The molecule has 0 atom stereocenters. The maximum absolute atomic E-state index is 12.9. The lowest BCUT2D eigenvalue weighted by Gasteiger charge is -2.28. The fourth-order valence-corrected chi connectivity index (χ4v) is 4.48. The van der Waals surface area contributed by atoms with Crippen LogP contribution in [0.3, 0.4) is 0 Å². The molecule has 3 heterocycles. The first-order valence-corrected chi connectivity index (χ1v) is 11.0. The molecule has 0 radical (unpaired) electrons. The number of para-hydroxylation sites is 2. The van der Waals surface area contributed by atoms with Gasteiger partial charge in [0.25, 0.3) is 0 Å². The first-order valence-electron chi connectivity index (χ1n) is 9.99. The molecule has 0 unspecified atom stereocenters. The molecule has 0 spiro atoms. The molecule has 31 heavy (non-hydrogen) atoms. The van der Waals surface area contributed by atoms with Crippen LogP contribution >= 0.6 is 11.8 Å². The number of carbonyl (C=O) groups is 1. The van der Waals surface area contributed by atoms with Crippen LogP contribution < -0.4 is 10.1 Å². The number of hydrogen-bond donors (Lipinski definition) is 1. The van der Waals surface area contributed by atoms with Crippen LogP contribution in [0.1, 0.15) is 24.1 Å². The lowest BCUT2D eigenvalue weighted by atomic mass is 9.94. The Balaban J connectivity index is 1.33. The lowest BCUT2D eigenvalue weighted by molar-refractivity contribution is -0.119. The van der Waals surface area contributed by atoms with Gasteiger partial charge in [0, 0.05) is 17.7 Å². The Morgan fingerprint density at radius 3 is 2.39 bits per heavy atom. The topological polar surface area (TPSA) is 82.2 Å². The average Bonchev–Trinajstić information content (AvgIpc) is 3.47. The summed E-state index contributed by atoms with van der Waals surface area (Å²) in [5.41, 5.74) is 1.88. The summed E-state index contributed by atoms with van der Waals surface area (Å²) in [7, 11) is 0. The molecule has 156 valence electrons. The number of ether oxygens (including phenoxy) is 1. The molecule has 1 amide bonds. The molecular weight excluding hydrogens is 412 g/mol. The van der Waals surface area contributed by atoms with E-state index in [9.17, 15) is 4.79 Å². The Kier molecular flexibility index (Phi) is 5.21. The van der Waals surface area contributed by atoms with Crippen LogP contribution in [0.2, 0.25) is 0 Å². The Bertz CT molecular complexity index is 1170. The number of thioether (sulfide) groups is 1. The molecule has 1 N–H and O–H groups in total. The number of fused-ring (bicyclic) bond motifs is 2. The van der Waals surface area contributed by atoms with Crippen molar-refractivity contribution >= 4 is 17.7 Å². The van der Waals surface area contributed by atoms with E-state index >= 15 is 0 Å². The van der Waals surface area contributed by atoms with Crippen molar-refractivity contribution in [2.75, 3.05) is 5.75 Å². The summed E-state index contributed by atoms with van der Waals surface area (Å²) in [5, 5.41) is 12.3. The van der Waals surface area contributed by atoms with Gasteiger partial charge in [-0.15, -0.1) is 10.2 Å². The fourth-order valence-electron chi connectivity index (χ4n) is 3.67. The van der Waals surface area contributed by atoms with Crippen molar-refractivity contribution in [1.29, 1.82) is 0 Å². The first kappa shape index (κ1) is 19.4. The minimum Gasteiger partial charge on any atom is -0.461 e. The molecule has 2 aromatic heterocycles. The van der Waals surface area contributed by atoms with E-state index in [0.717, 1.165) is 22.6 Å². The number of carbonyl (C=O) groups excluding carboxylic acids is 1. The Morgan fingerprint density at radius 2 is 1.74 bits per heavy atom. The van der Waals surface area contributed by atoms with Crippen LogP contribution in [-0.2, 0) is 11.3 Å². The molecule has 0 bridgehead atoms. The predicted molar refractivity (Wildman–Crippen MR) is 117 cm³/mol. The van der Waals surface area contributed by atoms with Crippen molar-refractivity contribution in [3.8, 4) is 23.1 Å². The van der Waals surface area contributed by atoms with E-state index in [-0.39, 0.29) is 17.7 Å². The molecule has 2 aromatic carbocycles. The molecule has 8 heteroatoms. The summed E-state index contributed by atoms with van der Waals surface area (Å²) >= 11 is 1.35. The molecule has 0 aliphatic carbocycles. The van der Waals surface area contributed by atoms with Crippen molar-refractivity contribution < 1.29 is 13.9 Å². The van der Waals surface area contributed by atoms with Gasteiger partial charge in [0.15, 0.2) is 16.7 Å². The van der Waals surface area contributed by atoms with Gasteiger partial charge in [0.05, 0.1) is 18.1 Å². The third-order valence-corrected chi connectivity index (χ3v) is 6.06. The number of nitrogens with zero attached hydrogens (tertiary/aromatic N) is 3. The van der Waals surface area contributed by atoms with Gasteiger partial charge in [-0.25, -0.2) is 0 Å². The zero-order valence-electron chi connectivity index (χ0n) is 16.8. The van der Waals surface area contributed by atoms with Crippen molar-refractivity contribution in [3.05, 3.63) is 78.1 Å². The van der Waals surface area contributed by atoms with E-state index in [1.54, 1.807) is 6.26 Å². The summed E-state index contributed by atoms with van der Waals surface area (Å²) in [6.45, 7) is 2.68. The third-order valence-electron chi connectivity index (χ3n) is 5.09. The number of hydrogen-bond acceptors (Lipinski definition) is 6. The van der Waals surface area contributed by atoms with Gasteiger partial charge in [-0.05, 0) is 31.2 Å². The first-order chi connectivity index (χ1) is 15.2. The summed E-state index contributed by atoms with van der Waals surface area (Å²) < 4.78 is 13.4. The minimum atomic E-state index is -0.267. The van der Waals surface area contributed by atoms with Gasteiger partial charge < -0.3 is 14.5 Å². The fraction of sp³-hybridized carbons (Fsp3) is 0.174. The van der Waals surface area contributed by atoms with E-state index in [1.807, 2.05) is 72.2 Å². The van der Waals surface area contributed by atoms with Crippen LogP contribution in [0.4, 0.5) is 0 Å². The van der Waals surface area contributed by atoms with Crippen LogP contribution in [-0.4, -0.2) is 26.4 Å². The molecule has 0 fully saturated rings. The Labute approximate surface area is 183 Å². The molecular formula is C23H20N4O3S. The predicted octanol–water partition coefficient (Wildman–Crippen LogP) is 4.66. The number of amides is 1. The maximum atomic E-state index is 12.9. The zero-order valence-corrected chi connectivity index (χ0v) is 17.6. The summed E-state index contributed by atoms with van der Waals surface area (Å²) in [5.74, 6) is 2.95. The largest absolute Gasteiger partial charge is 0.461 e. The third kappa shape index (κ3) is 3.70. The highest BCUT2D eigenvalue weighted by molar-refractivity contribution is 7.99. The Morgan fingerprint density at radius 1 is 1.03 bits per heavy atom. The summed E-state index contributed by atoms with van der Waals surface area (Å²) in [4.78, 5) is 12.9. The molecule has 7 nitrogen and oxygen atoms in total. The van der Waals surface area contributed by atoms with Crippen molar-refractivity contribution in [2.24, 2.45) is 0 Å². The normalized spacial score (nSPS) is 12.7. The maximum Gasteiger partial charge on any atom is 0.231 e. The number of rotatable bonds is 6. The monoisotopic (exact) mass is 432 g/mol. The van der Waals surface area contributed by atoms with E-state index in [2.05, 4.69) is 15.5 Å². The average molecular weight is 433 g/mol. The van der Waals surface area contributed by atoms with Crippen LogP contribution in [0.5, 0.6) is 11.5 Å². The van der Waals surface area contributed by atoms with E-state index < -0.39 is 0 Å². The number of furan rings is 1. The van der Waals surface area contributed by atoms with Gasteiger partial charge in [-0.3, -0.25) is 9.36 Å². The second kappa shape index (κ2) is 8.31. The minimum absolute atomic E-state index is 0.0910. The van der Waals surface area contributed by atoms with Gasteiger partial charge in [0.2, 0.25) is 5.91 Å². The zero-order chi connectivity index (χ0) is 21.2. The van der Waals surface area contributed by atoms with Crippen molar-refractivity contribution in [1.82, 2.24) is 20.1 Å². The molecule has 1 aliphatic heterocycles. The lowest BCUT2D eigenvalue weighted by Crippen LogP contribution is -2.32.